The van der Waals surface area contributed by atoms with E-state index >= 15 is 0 Å². The van der Waals surface area contributed by atoms with Gasteiger partial charge in [0.2, 0.25) is 11.6 Å². The maximum atomic E-state index is 5.16. The van der Waals surface area contributed by atoms with Gasteiger partial charge in [-0.3, -0.25) is 8.80 Å². The first kappa shape index (κ1) is 19.1. The Hall–Kier alpha value is -5.16. The van der Waals surface area contributed by atoms with Crippen LogP contribution < -0.4 is 0 Å². The number of nitrogens with zero attached hydrogens (tertiary/aromatic N) is 5. The first-order chi connectivity index (χ1) is 18.4. The van der Waals surface area contributed by atoms with Crippen molar-refractivity contribution in [2.45, 2.75) is 0 Å². The summed E-state index contributed by atoms with van der Waals surface area (Å²) >= 11 is 0. The fourth-order valence-electron chi connectivity index (χ4n) is 6.09. The minimum absolute atomic E-state index is 0.885. The van der Waals surface area contributed by atoms with Gasteiger partial charge in [0.05, 0.1) is 33.1 Å². The number of benzene rings is 5. The number of hydrogen-bond acceptors (Lipinski definition) is 2. The third kappa shape index (κ3) is 2.33. The molecule has 5 aromatic carbocycles. The van der Waals surface area contributed by atoms with Gasteiger partial charge in [0.15, 0.2) is 0 Å². The number of fused-ring (bicyclic) bond motifs is 10. The van der Waals surface area contributed by atoms with Crippen LogP contribution in [0.15, 0.2) is 115 Å². The van der Waals surface area contributed by atoms with Gasteiger partial charge in [-0.05, 0) is 35.4 Å². The van der Waals surface area contributed by atoms with Crippen molar-refractivity contribution in [1.29, 1.82) is 0 Å². The molecule has 172 valence electrons. The molecule has 0 N–H and O–H groups in total. The highest BCUT2D eigenvalue weighted by molar-refractivity contribution is 6.07. The van der Waals surface area contributed by atoms with E-state index in [9.17, 15) is 0 Å². The van der Waals surface area contributed by atoms with Crippen molar-refractivity contribution in [3.05, 3.63) is 115 Å². The van der Waals surface area contributed by atoms with Gasteiger partial charge in [0.25, 0.3) is 0 Å². The second-order valence-corrected chi connectivity index (χ2v) is 9.55. The van der Waals surface area contributed by atoms with E-state index in [2.05, 4.69) is 128 Å². The quantitative estimate of drug-likeness (QED) is 0.261. The van der Waals surface area contributed by atoms with Crippen LogP contribution in [0, 0.1) is 0 Å². The van der Waals surface area contributed by atoms with Crippen molar-refractivity contribution in [1.82, 2.24) is 23.2 Å². The Morgan fingerprint density at radius 1 is 0.378 bits per heavy atom. The lowest BCUT2D eigenvalue weighted by molar-refractivity contribution is 1.15. The average molecular weight is 474 g/mol. The third-order valence-electron chi connectivity index (χ3n) is 7.59. The minimum Gasteiger partial charge on any atom is -0.275 e. The maximum absolute atomic E-state index is 5.16. The molecular formula is C32H19N5. The molecule has 0 fully saturated rings. The first-order valence-electron chi connectivity index (χ1n) is 12.5. The van der Waals surface area contributed by atoms with Crippen molar-refractivity contribution in [3.63, 3.8) is 0 Å². The molecule has 37 heavy (non-hydrogen) atoms. The Labute approximate surface area is 210 Å². The van der Waals surface area contributed by atoms with Gasteiger partial charge in [-0.2, -0.15) is 0 Å². The first-order valence-corrected chi connectivity index (χ1v) is 12.5. The minimum atomic E-state index is 0.885. The van der Waals surface area contributed by atoms with Gasteiger partial charge in [0.1, 0.15) is 5.52 Å². The van der Waals surface area contributed by atoms with E-state index in [1.165, 1.54) is 22.3 Å². The Morgan fingerprint density at radius 3 is 1.32 bits per heavy atom. The summed E-state index contributed by atoms with van der Waals surface area (Å²) in [4.78, 5) is 10.3. The molecule has 4 heterocycles. The van der Waals surface area contributed by atoms with E-state index in [4.69, 9.17) is 9.97 Å². The summed E-state index contributed by atoms with van der Waals surface area (Å²) in [6.07, 6.45) is 0. The van der Waals surface area contributed by atoms with E-state index in [0.29, 0.717) is 0 Å². The van der Waals surface area contributed by atoms with E-state index in [1.807, 2.05) is 0 Å². The molecule has 5 heteroatoms. The van der Waals surface area contributed by atoms with Crippen LogP contribution in [0.4, 0.5) is 0 Å². The van der Waals surface area contributed by atoms with Crippen LogP contribution in [0.1, 0.15) is 0 Å². The van der Waals surface area contributed by atoms with Crippen LogP contribution in [0.3, 0.4) is 0 Å². The highest BCUT2D eigenvalue weighted by atomic mass is 15.3. The number of rotatable bonds is 2. The summed E-state index contributed by atoms with van der Waals surface area (Å²) in [5.41, 5.74) is 12.3. The summed E-state index contributed by atoms with van der Waals surface area (Å²) < 4.78 is 6.84. The highest BCUT2D eigenvalue weighted by Crippen LogP contribution is 2.38. The van der Waals surface area contributed by atoms with Gasteiger partial charge in [-0.25, -0.2) is 14.4 Å². The van der Waals surface area contributed by atoms with Gasteiger partial charge in [-0.15, -0.1) is 0 Å². The summed E-state index contributed by atoms with van der Waals surface area (Å²) in [5.74, 6) is 1.77. The molecule has 0 spiro atoms. The zero-order valence-electron chi connectivity index (χ0n) is 19.7. The average Bonchev–Trinajstić information content (AvgIpc) is 3.68. The fraction of sp³-hybridized carbons (Fsp3) is 0. The van der Waals surface area contributed by atoms with E-state index in [-0.39, 0.29) is 0 Å². The standard InChI is InChI=1S/C32H19N5/c1-3-10-20(11-4-1)22-14-7-16-24-28(22)35-26-18-9-19-27-30(26)37(31(35)33-24)32-34-25-17-8-15-23(29(25)36(27)32)21-12-5-2-6-13-21/h1-19H. The Balaban J connectivity index is 1.49. The Kier molecular flexibility index (Phi) is 3.47. The van der Waals surface area contributed by atoms with Gasteiger partial charge in [-0.1, -0.05) is 91.0 Å². The van der Waals surface area contributed by atoms with Crippen LogP contribution in [-0.2, 0) is 0 Å². The predicted molar refractivity (Wildman–Crippen MR) is 149 cm³/mol. The number of para-hydroxylation sites is 3. The Bertz CT molecular complexity index is 2130. The van der Waals surface area contributed by atoms with Crippen LogP contribution in [0.2, 0.25) is 0 Å². The second-order valence-electron chi connectivity index (χ2n) is 9.55. The number of hydrogen-bond donors (Lipinski definition) is 0. The molecule has 5 nitrogen and oxygen atoms in total. The van der Waals surface area contributed by atoms with Crippen molar-refractivity contribution in [2.75, 3.05) is 0 Å². The SMILES string of the molecule is c1ccc(-c2cccc3nc4n(c5cccc6c5n4c4nc5cccc(-c7ccccc7)c5n64)c23)cc1. The zero-order valence-corrected chi connectivity index (χ0v) is 19.7. The molecule has 0 aliphatic rings. The van der Waals surface area contributed by atoms with Gasteiger partial charge >= 0.3 is 0 Å². The van der Waals surface area contributed by atoms with Gasteiger partial charge in [0, 0.05) is 11.1 Å². The third-order valence-corrected chi connectivity index (χ3v) is 7.59. The summed E-state index contributed by atoms with van der Waals surface area (Å²) in [6.45, 7) is 0. The molecule has 0 aliphatic heterocycles. The molecule has 0 atom stereocenters. The van der Waals surface area contributed by atoms with E-state index in [1.54, 1.807) is 0 Å². The molecule has 9 aromatic rings. The molecule has 0 saturated heterocycles. The normalized spacial score (nSPS) is 12.3. The van der Waals surface area contributed by atoms with E-state index < -0.39 is 0 Å². The van der Waals surface area contributed by atoms with Crippen molar-refractivity contribution in [3.8, 4) is 22.3 Å². The van der Waals surface area contributed by atoms with E-state index in [0.717, 1.165) is 50.2 Å². The number of aromatic nitrogens is 5. The predicted octanol–water partition coefficient (Wildman–Crippen LogP) is 7.47. The molecule has 0 radical (unpaired) electrons. The maximum Gasteiger partial charge on any atom is 0.223 e. The molecule has 4 aromatic heterocycles. The molecule has 0 saturated carbocycles. The molecule has 0 amide bonds. The smallest absolute Gasteiger partial charge is 0.223 e. The van der Waals surface area contributed by atoms with Crippen LogP contribution in [-0.4, -0.2) is 23.2 Å². The van der Waals surface area contributed by atoms with Crippen LogP contribution in [0.25, 0.3) is 72.4 Å². The topological polar surface area (TPSA) is 39.0 Å². The molecular weight excluding hydrogens is 454 g/mol. The fourth-order valence-corrected chi connectivity index (χ4v) is 6.09. The Morgan fingerprint density at radius 2 is 0.838 bits per heavy atom. The lowest BCUT2D eigenvalue weighted by Gasteiger charge is -2.06. The van der Waals surface area contributed by atoms with Crippen molar-refractivity contribution < 1.29 is 0 Å². The highest BCUT2D eigenvalue weighted by Gasteiger charge is 2.25. The zero-order chi connectivity index (χ0) is 24.1. The molecule has 9 rings (SSSR count). The largest absolute Gasteiger partial charge is 0.275 e. The monoisotopic (exact) mass is 473 g/mol. The second kappa shape index (κ2) is 6.74. The van der Waals surface area contributed by atoms with Crippen molar-refractivity contribution >= 4 is 50.2 Å². The lowest BCUT2D eigenvalue weighted by atomic mass is 10.0. The summed E-state index contributed by atoms with van der Waals surface area (Å²) in [7, 11) is 0. The summed E-state index contributed by atoms with van der Waals surface area (Å²) in [5, 5.41) is 0. The van der Waals surface area contributed by atoms with Gasteiger partial charge < -0.3 is 0 Å². The van der Waals surface area contributed by atoms with Crippen LogP contribution >= 0.6 is 0 Å². The molecule has 0 unspecified atom stereocenters. The molecule has 0 aliphatic carbocycles. The lowest BCUT2D eigenvalue weighted by Crippen LogP contribution is -1.89. The molecule has 0 bridgehead atoms. The van der Waals surface area contributed by atoms with Crippen molar-refractivity contribution in [2.24, 2.45) is 0 Å². The summed E-state index contributed by atoms with van der Waals surface area (Å²) in [6, 6.07) is 40.4. The van der Waals surface area contributed by atoms with Crippen LogP contribution in [0.5, 0.6) is 0 Å². The number of imidazole rings is 4.